The summed E-state index contributed by atoms with van der Waals surface area (Å²) < 4.78 is 5.13. The van der Waals surface area contributed by atoms with E-state index in [9.17, 15) is 4.79 Å². The number of carbonyl (C=O) groups is 1. The lowest BCUT2D eigenvalue weighted by molar-refractivity contribution is 0.105. The average molecular weight is 553 g/mol. The van der Waals surface area contributed by atoms with Crippen LogP contribution < -0.4 is 4.90 Å². The van der Waals surface area contributed by atoms with Crippen molar-refractivity contribution in [2.75, 3.05) is 63.9 Å². The van der Waals surface area contributed by atoms with E-state index in [0.29, 0.717) is 23.4 Å². The van der Waals surface area contributed by atoms with Crippen molar-refractivity contribution in [3.63, 3.8) is 0 Å². The first kappa shape index (κ1) is 28.9. The van der Waals surface area contributed by atoms with E-state index in [4.69, 9.17) is 26.4 Å². The Morgan fingerprint density at radius 2 is 1.94 bits per heavy atom. The molecule has 8 nitrogen and oxygen atoms in total. The Morgan fingerprint density at radius 1 is 1.24 bits per heavy atom. The minimum absolute atomic E-state index is 0. The number of carbonyl (C=O) groups excluding carboxylic acids is 1. The molecule has 0 aliphatic carbocycles. The number of ether oxygens (including phenoxy) is 1. The first-order valence-electron chi connectivity index (χ1n) is 11.0. The molecule has 2 saturated heterocycles. The first-order chi connectivity index (χ1) is 15.6. The highest BCUT2D eigenvalue weighted by Gasteiger charge is 2.25. The van der Waals surface area contributed by atoms with Gasteiger partial charge in [0.15, 0.2) is 5.16 Å². The topological polar surface area (TPSA) is 84.9 Å². The molecule has 4 rings (SSSR count). The number of hydrogen-bond acceptors (Lipinski definition) is 7. The molecule has 0 bridgehead atoms. The van der Waals surface area contributed by atoms with E-state index in [-0.39, 0.29) is 44.1 Å². The van der Waals surface area contributed by atoms with Gasteiger partial charge in [-0.2, -0.15) is 0 Å². The monoisotopic (exact) mass is 551 g/mol. The molecule has 0 spiro atoms. The number of rotatable bonds is 7. The van der Waals surface area contributed by atoms with Crippen molar-refractivity contribution in [2.24, 2.45) is 0 Å². The van der Waals surface area contributed by atoms with Crippen molar-refractivity contribution in [2.45, 2.75) is 23.2 Å². The molecule has 0 atom stereocenters. The highest BCUT2D eigenvalue weighted by atomic mass is 35.5. The highest BCUT2D eigenvalue weighted by Crippen LogP contribution is 2.34. The average Bonchev–Trinajstić information content (AvgIpc) is 3.19. The van der Waals surface area contributed by atoms with Gasteiger partial charge in [-0.25, -0.2) is 9.78 Å². The fourth-order valence-electron chi connectivity index (χ4n) is 4.18. The fourth-order valence-corrected chi connectivity index (χ4v) is 5.54. The van der Waals surface area contributed by atoms with Gasteiger partial charge in [-0.15, -0.1) is 24.8 Å². The summed E-state index contributed by atoms with van der Waals surface area (Å²) in [6, 6.07) is 4.03. The van der Waals surface area contributed by atoms with Crippen LogP contribution in [0.5, 0.6) is 0 Å². The number of imidazole rings is 1. The number of β-amino-alcohol motifs (C(OH)–C–C–N with tert-alkyl or cyclic N) is 1. The molecule has 2 fully saturated rings. The van der Waals surface area contributed by atoms with Crippen LogP contribution in [-0.2, 0) is 4.74 Å². The first-order valence-corrected chi connectivity index (χ1v) is 12.3. The second-order valence-corrected chi connectivity index (χ2v) is 9.78. The van der Waals surface area contributed by atoms with Crippen LogP contribution in [0.25, 0.3) is 11.0 Å². The van der Waals surface area contributed by atoms with Crippen LogP contribution in [0.4, 0.5) is 10.5 Å². The molecule has 1 aromatic carbocycles. The van der Waals surface area contributed by atoms with Gasteiger partial charge in [0.25, 0.3) is 0 Å². The van der Waals surface area contributed by atoms with Crippen LogP contribution >= 0.6 is 48.2 Å². The smallest absolute Gasteiger partial charge is 0.410 e. The number of nitrogens with one attached hydrogen (secondary N) is 1. The molecule has 2 N–H and O–H groups in total. The Hall–Kier alpha value is -1.36. The molecule has 12 heteroatoms. The van der Waals surface area contributed by atoms with Crippen LogP contribution in [0.15, 0.2) is 29.9 Å². The van der Waals surface area contributed by atoms with Crippen molar-refractivity contribution in [1.29, 1.82) is 0 Å². The van der Waals surface area contributed by atoms with Crippen LogP contribution in [0, 0.1) is 0 Å². The zero-order chi connectivity index (χ0) is 22.5. The number of likely N-dealkylation sites (tertiary alicyclic amines) is 1. The Kier molecular flexibility index (Phi) is 11.6. The van der Waals surface area contributed by atoms with Crippen LogP contribution in [-0.4, -0.2) is 95.2 Å². The summed E-state index contributed by atoms with van der Waals surface area (Å²) >= 11 is 8.33. The van der Waals surface area contributed by atoms with Crippen molar-refractivity contribution in [1.82, 2.24) is 19.8 Å². The fraction of sp³-hybridized carbons (Fsp3) is 0.545. The molecule has 34 heavy (non-hydrogen) atoms. The second-order valence-electron chi connectivity index (χ2n) is 8.08. The Labute approximate surface area is 221 Å². The van der Waals surface area contributed by atoms with Crippen molar-refractivity contribution >= 4 is 71.0 Å². The third-order valence-corrected chi connectivity index (χ3v) is 7.49. The lowest BCUT2D eigenvalue weighted by Crippen LogP contribution is -2.47. The number of halogens is 3. The van der Waals surface area contributed by atoms with E-state index in [1.54, 1.807) is 22.7 Å². The number of H-pyrrole nitrogens is 1. The third kappa shape index (κ3) is 7.08. The predicted octanol–water partition coefficient (Wildman–Crippen LogP) is 4.05. The summed E-state index contributed by atoms with van der Waals surface area (Å²) in [7, 11) is 0. The zero-order valence-corrected chi connectivity index (χ0v) is 22.2. The number of aliphatic hydroxyl groups is 1. The number of benzene rings is 1. The maximum atomic E-state index is 12.0. The normalized spacial score (nSPS) is 17.2. The molecule has 2 aliphatic heterocycles. The van der Waals surface area contributed by atoms with Crippen molar-refractivity contribution in [3.8, 4) is 0 Å². The molecule has 0 saturated carbocycles. The van der Waals surface area contributed by atoms with Gasteiger partial charge >= 0.3 is 6.09 Å². The molecule has 1 amide bonds. The maximum absolute atomic E-state index is 12.0. The van der Waals surface area contributed by atoms with Gasteiger partial charge in [0.2, 0.25) is 0 Å². The SMILES string of the molecule is C=CCOC(=O)N1CCC(Sc2nc3cc(Cl)c(N4CCN(CCO)CC4)cc3[nH]2)CC1.Cl.Cl. The highest BCUT2D eigenvalue weighted by molar-refractivity contribution is 7.99. The molecular formula is C22H32Cl3N5O3S. The van der Waals surface area contributed by atoms with Gasteiger partial charge in [0.1, 0.15) is 6.61 Å². The standard InChI is InChI=1S/C22H30ClN5O3S.2ClH/c1-2-13-31-22(30)28-5-3-16(4-6-28)32-21-24-18-14-17(23)20(15-19(18)25-21)27-9-7-26(8-10-27)11-12-29;;/h2,14-16,29H,1,3-13H2,(H,24,25);2*1H. The van der Waals surface area contributed by atoms with Crippen molar-refractivity contribution < 1.29 is 14.6 Å². The number of nitrogens with zero attached hydrogens (tertiary/aromatic N) is 4. The second kappa shape index (κ2) is 13.7. The van der Waals surface area contributed by atoms with Crippen LogP contribution in [0.1, 0.15) is 12.8 Å². The van der Waals surface area contributed by atoms with Crippen LogP contribution in [0.2, 0.25) is 5.02 Å². The molecular weight excluding hydrogens is 521 g/mol. The number of aromatic nitrogens is 2. The maximum Gasteiger partial charge on any atom is 0.410 e. The van der Waals surface area contributed by atoms with E-state index in [2.05, 4.69) is 27.4 Å². The van der Waals surface area contributed by atoms with Gasteiger partial charge < -0.3 is 24.6 Å². The molecule has 0 radical (unpaired) electrons. The number of aliphatic hydroxyl groups excluding tert-OH is 1. The zero-order valence-electron chi connectivity index (χ0n) is 18.9. The minimum atomic E-state index is -0.267. The lowest BCUT2D eigenvalue weighted by atomic mass is 10.1. The van der Waals surface area contributed by atoms with E-state index in [0.717, 1.165) is 67.4 Å². The third-order valence-electron chi connectivity index (χ3n) is 5.96. The number of fused-ring (bicyclic) bond motifs is 1. The quantitative estimate of drug-likeness (QED) is 0.501. The van der Waals surface area contributed by atoms with E-state index in [1.165, 1.54) is 0 Å². The predicted molar refractivity (Wildman–Crippen MR) is 143 cm³/mol. The summed E-state index contributed by atoms with van der Waals surface area (Å²) in [6.45, 7) is 9.70. The van der Waals surface area contributed by atoms with E-state index >= 15 is 0 Å². The Balaban J connectivity index is 0.00000204. The van der Waals surface area contributed by atoms with Gasteiger partial charge in [0.05, 0.1) is 28.4 Å². The number of piperidine rings is 1. The summed E-state index contributed by atoms with van der Waals surface area (Å²) in [4.78, 5) is 26.5. The van der Waals surface area contributed by atoms with Crippen LogP contribution in [0.3, 0.4) is 0 Å². The van der Waals surface area contributed by atoms with E-state index in [1.807, 2.05) is 6.07 Å². The minimum Gasteiger partial charge on any atom is -0.445 e. The number of piperazine rings is 1. The largest absolute Gasteiger partial charge is 0.445 e. The van der Waals surface area contributed by atoms with Gasteiger partial charge in [-0.3, -0.25) is 4.90 Å². The molecule has 2 aromatic rings. The summed E-state index contributed by atoms with van der Waals surface area (Å²) in [5.41, 5.74) is 2.87. The summed E-state index contributed by atoms with van der Waals surface area (Å²) in [5.74, 6) is 0. The Bertz CT molecular complexity index is 947. The molecule has 2 aliphatic rings. The Morgan fingerprint density at radius 3 is 2.59 bits per heavy atom. The molecule has 0 unspecified atom stereocenters. The van der Waals surface area contributed by atoms with Gasteiger partial charge in [0, 0.05) is 51.1 Å². The number of thioether (sulfide) groups is 1. The number of anilines is 1. The summed E-state index contributed by atoms with van der Waals surface area (Å²) in [5, 5.41) is 11.1. The van der Waals surface area contributed by atoms with Gasteiger partial charge in [-0.05, 0) is 25.0 Å². The molecule has 1 aromatic heterocycles. The molecule has 190 valence electrons. The van der Waals surface area contributed by atoms with Gasteiger partial charge in [-0.1, -0.05) is 36.0 Å². The van der Waals surface area contributed by atoms with E-state index < -0.39 is 0 Å². The summed E-state index contributed by atoms with van der Waals surface area (Å²) in [6.07, 6.45) is 3.11. The number of aromatic amines is 1. The number of hydrogen-bond donors (Lipinski definition) is 2. The lowest BCUT2D eigenvalue weighted by Gasteiger charge is -2.36. The molecule has 3 heterocycles. The van der Waals surface area contributed by atoms with Crippen molar-refractivity contribution in [3.05, 3.63) is 29.8 Å². The number of amides is 1.